The molecule has 2 heterocycles. The number of aliphatic hydroxyl groups excluding tert-OH is 2. The molecule has 128 valence electrons. The third kappa shape index (κ3) is 3.73. The van der Waals surface area contributed by atoms with Crippen LogP contribution in [0.1, 0.15) is 24.1 Å². The van der Waals surface area contributed by atoms with Crippen LogP contribution in [0, 0.1) is 0 Å². The number of piperazine rings is 1. The van der Waals surface area contributed by atoms with Crippen LogP contribution in [-0.2, 0) is 12.8 Å². The first-order chi connectivity index (χ1) is 11.3. The minimum absolute atomic E-state index is 0.0573. The van der Waals surface area contributed by atoms with Crippen molar-refractivity contribution in [2.75, 3.05) is 62.3 Å². The maximum Gasteiger partial charge on any atom is 0.227 e. The summed E-state index contributed by atoms with van der Waals surface area (Å²) in [4.78, 5) is 13.9. The fraction of sp³-hybridized carbons (Fsp3) is 0.750. The molecule has 1 aliphatic carbocycles. The molecule has 0 saturated carbocycles. The Kier molecular flexibility index (Phi) is 5.64. The second-order valence-corrected chi connectivity index (χ2v) is 6.15. The molecule has 0 radical (unpaired) electrons. The standard InChI is InChI=1S/C16H27N5O2/c22-11-9-20(10-12-23)15-13-3-1-2-4-14(13)18-16(19-15)21-7-5-17-6-8-21/h17,22-23H,1-12H2. The lowest BCUT2D eigenvalue weighted by Gasteiger charge is -2.32. The normalized spacial score (nSPS) is 17.9. The first-order valence-electron chi connectivity index (χ1n) is 8.65. The number of hydrogen-bond acceptors (Lipinski definition) is 7. The fourth-order valence-electron chi connectivity index (χ4n) is 3.39. The van der Waals surface area contributed by atoms with Gasteiger partial charge in [0.25, 0.3) is 0 Å². The summed E-state index contributed by atoms with van der Waals surface area (Å²) in [7, 11) is 0. The molecule has 2 aliphatic rings. The Labute approximate surface area is 137 Å². The van der Waals surface area contributed by atoms with Crippen LogP contribution in [0.4, 0.5) is 11.8 Å². The van der Waals surface area contributed by atoms with Crippen LogP contribution in [0.5, 0.6) is 0 Å². The summed E-state index contributed by atoms with van der Waals surface area (Å²) < 4.78 is 0. The molecular formula is C16H27N5O2. The predicted molar refractivity (Wildman–Crippen MR) is 90.1 cm³/mol. The molecule has 0 atom stereocenters. The fourth-order valence-corrected chi connectivity index (χ4v) is 3.39. The van der Waals surface area contributed by atoms with E-state index in [1.165, 1.54) is 12.0 Å². The van der Waals surface area contributed by atoms with Crippen molar-refractivity contribution in [3.8, 4) is 0 Å². The highest BCUT2D eigenvalue weighted by molar-refractivity contribution is 5.54. The number of aryl methyl sites for hydroxylation is 1. The van der Waals surface area contributed by atoms with Gasteiger partial charge in [0.1, 0.15) is 5.82 Å². The van der Waals surface area contributed by atoms with Crippen molar-refractivity contribution >= 4 is 11.8 Å². The molecule has 1 aromatic rings. The zero-order valence-electron chi connectivity index (χ0n) is 13.7. The summed E-state index contributed by atoms with van der Waals surface area (Å²) in [6.45, 7) is 4.83. The van der Waals surface area contributed by atoms with Gasteiger partial charge in [0, 0.05) is 44.8 Å². The summed E-state index contributed by atoms with van der Waals surface area (Å²) in [6.07, 6.45) is 4.31. The van der Waals surface area contributed by atoms with Gasteiger partial charge in [-0.1, -0.05) is 0 Å². The van der Waals surface area contributed by atoms with Crippen molar-refractivity contribution in [1.82, 2.24) is 15.3 Å². The molecule has 1 fully saturated rings. The molecule has 0 bridgehead atoms. The Bertz CT molecular complexity index is 513. The second kappa shape index (κ2) is 7.90. The van der Waals surface area contributed by atoms with Gasteiger partial charge in [0.05, 0.1) is 18.9 Å². The number of anilines is 2. The van der Waals surface area contributed by atoms with Crippen LogP contribution >= 0.6 is 0 Å². The van der Waals surface area contributed by atoms with E-state index in [4.69, 9.17) is 9.97 Å². The van der Waals surface area contributed by atoms with E-state index in [-0.39, 0.29) is 13.2 Å². The van der Waals surface area contributed by atoms with Crippen LogP contribution in [0.3, 0.4) is 0 Å². The third-order valence-corrected chi connectivity index (χ3v) is 4.59. The first kappa shape index (κ1) is 16.4. The van der Waals surface area contributed by atoms with Crippen molar-refractivity contribution in [3.05, 3.63) is 11.3 Å². The van der Waals surface area contributed by atoms with E-state index in [0.717, 1.165) is 62.9 Å². The second-order valence-electron chi connectivity index (χ2n) is 6.15. The Morgan fingerprint density at radius 2 is 1.70 bits per heavy atom. The monoisotopic (exact) mass is 321 g/mol. The van der Waals surface area contributed by atoms with Gasteiger partial charge in [-0.05, 0) is 25.7 Å². The highest BCUT2D eigenvalue weighted by Gasteiger charge is 2.24. The van der Waals surface area contributed by atoms with Crippen molar-refractivity contribution in [2.45, 2.75) is 25.7 Å². The Morgan fingerprint density at radius 3 is 2.39 bits per heavy atom. The highest BCUT2D eigenvalue weighted by Crippen LogP contribution is 2.30. The maximum absolute atomic E-state index is 9.36. The predicted octanol–water partition coefficient (Wildman–Crippen LogP) is -0.444. The molecule has 1 aromatic heterocycles. The van der Waals surface area contributed by atoms with Gasteiger partial charge in [0.15, 0.2) is 0 Å². The minimum atomic E-state index is 0.0573. The molecule has 7 heteroatoms. The zero-order valence-corrected chi connectivity index (χ0v) is 13.7. The number of aliphatic hydroxyl groups is 2. The van der Waals surface area contributed by atoms with Gasteiger partial charge in [-0.2, -0.15) is 4.98 Å². The number of nitrogens with zero attached hydrogens (tertiary/aromatic N) is 4. The average molecular weight is 321 g/mol. The number of nitrogens with one attached hydrogen (secondary N) is 1. The highest BCUT2D eigenvalue weighted by atomic mass is 16.3. The molecule has 23 heavy (non-hydrogen) atoms. The van der Waals surface area contributed by atoms with E-state index in [1.54, 1.807) is 0 Å². The number of fused-ring (bicyclic) bond motifs is 1. The maximum atomic E-state index is 9.36. The largest absolute Gasteiger partial charge is 0.395 e. The summed E-state index contributed by atoms with van der Waals surface area (Å²) in [5, 5.41) is 22.1. The van der Waals surface area contributed by atoms with Gasteiger partial charge in [-0.25, -0.2) is 4.98 Å². The smallest absolute Gasteiger partial charge is 0.227 e. The molecule has 3 rings (SSSR count). The van der Waals surface area contributed by atoms with E-state index >= 15 is 0 Å². The van der Waals surface area contributed by atoms with Crippen LogP contribution in [0.2, 0.25) is 0 Å². The van der Waals surface area contributed by atoms with Gasteiger partial charge in [0.2, 0.25) is 5.95 Å². The van der Waals surface area contributed by atoms with Crippen LogP contribution in [0.25, 0.3) is 0 Å². The summed E-state index contributed by atoms with van der Waals surface area (Å²) in [5.41, 5.74) is 2.35. The van der Waals surface area contributed by atoms with Gasteiger partial charge in [-0.15, -0.1) is 0 Å². The van der Waals surface area contributed by atoms with Crippen LogP contribution < -0.4 is 15.1 Å². The molecule has 0 unspecified atom stereocenters. The molecule has 3 N–H and O–H groups in total. The van der Waals surface area contributed by atoms with E-state index in [9.17, 15) is 10.2 Å². The van der Waals surface area contributed by atoms with E-state index < -0.39 is 0 Å². The molecule has 0 aromatic carbocycles. The lowest BCUT2D eigenvalue weighted by molar-refractivity contribution is 0.280. The molecule has 7 nitrogen and oxygen atoms in total. The molecule has 0 spiro atoms. The van der Waals surface area contributed by atoms with Gasteiger partial charge < -0.3 is 25.3 Å². The van der Waals surface area contributed by atoms with E-state index in [1.807, 2.05) is 4.90 Å². The third-order valence-electron chi connectivity index (χ3n) is 4.59. The average Bonchev–Trinajstić information content (AvgIpc) is 2.61. The van der Waals surface area contributed by atoms with Crippen molar-refractivity contribution in [1.29, 1.82) is 0 Å². The lowest BCUT2D eigenvalue weighted by atomic mass is 9.96. The zero-order chi connectivity index (χ0) is 16.1. The SMILES string of the molecule is OCCN(CCO)c1nc(N2CCNCC2)nc2c1CCCC2. The quantitative estimate of drug-likeness (QED) is 0.655. The summed E-state index contributed by atoms with van der Waals surface area (Å²) >= 11 is 0. The molecule has 1 aliphatic heterocycles. The van der Waals surface area contributed by atoms with Crippen molar-refractivity contribution < 1.29 is 10.2 Å². The van der Waals surface area contributed by atoms with Crippen LogP contribution in [0.15, 0.2) is 0 Å². The summed E-state index contributed by atoms with van der Waals surface area (Å²) in [5.74, 6) is 1.70. The van der Waals surface area contributed by atoms with Crippen molar-refractivity contribution in [2.24, 2.45) is 0 Å². The first-order valence-corrected chi connectivity index (χ1v) is 8.65. The topological polar surface area (TPSA) is 84.8 Å². The summed E-state index contributed by atoms with van der Waals surface area (Å²) in [6, 6.07) is 0. The Hall–Kier alpha value is -1.44. The lowest BCUT2D eigenvalue weighted by Crippen LogP contribution is -2.44. The van der Waals surface area contributed by atoms with Gasteiger partial charge in [-0.3, -0.25) is 0 Å². The Morgan fingerprint density at radius 1 is 1.00 bits per heavy atom. The van der Waals surface area contributed by atoms with Crippen molar-refractivity contribution in [3.63, 3.8) is 0 Å². The Balaban J connectivity index is 1.97. The number of rotatable bonds is 6. The van der Waals surface area contributed by atoms with E-state index in [2.05, 4.69) is 10.2 Å². The molecule has 0 amide bonds. The minimum Gasteiger partial charge on any atom is -0.395 e. The van der Waals surface area contributed by atoms with Crippen LogP contribution in [-0.4, -0.2) is 72.7 Å². The van der Waals surface area contributed by atoms with E-state index in [0.29, 0.717) is 13.1 Å². The molecular weight excluding hydrogens is 294 g/mol. The number of aromatic nitrogens is 2. The number of hydrogen-bond donors (Lipinski definition) is 3. The van der Waals surface area contributed by atoms with Gasteiger partial charge >= 0.3 is 0 Å². The molecule has 1 saturated heterocycles.